The molecule has 1 aliphatic rings. The van der Waals surface area contributed by atoms with Gasteiger partial charge >= 0.3 is 0 Å². The smallest absolute Gasteiger partial charge is 0.196 e. The third kappa shape index (κ3) is 3.31. The summed E-state index contributed by atoms with van der Waals surface area (Å²) in [4.78, 5) is 19.6. The van der Waals surface area contributed by atoms with Gasteiger partial charge in [-0.05, 0) is 12.8 Å². The van der Waals surface area contributed by atoms with Gasteiger partial charge in [0.05, 0.1) is 12.7 Å². The van der Waals surface area contributed by atoms with Crippen molar-refractivity contribution in [3.8, 4) is 0 Å². The zero-order chi connectivity index (χ0) is 12.1. The molecule has 5 nitrogen and oxygen atoms in total. The minimum atomic E-state index is -0.0316. The molecule has 0 amide bonds. The minimum absolute atomic E-state index is 0.0316. The summed E-state index contributed by atoms with van der Waals surface area (Å²) >= 11 is 0. The van der Waals surface area contributed by atoms with E-state index in [1.54, 1.807) is 6.20 Å². The van der Waals surface area contributed by atoms with Crippen molar-refractivity contribution >= 4 is 5.78 Å². The number of hydrogen-bond acceptors (Lipinski definition) is 5. The van der Waals surface area contributed by atoms with Crippen LogP contribution in [0.3, 0.4) is 0 Å². The first-order valence-corrected chi connectivity index (χ1v) is 6.05. The molecule has 1 aliphatic carbocycles. The van der Waals surface area contributed by atoms with Crippen molar-refractivity contribution in [1.29, 1.82) is 0 Å². The summed E-state index contributed by atoms with van der Waals surface area (Å²) < 4.78 is 0. The fourth-order valence-corrected chi connectivity index (χ4v) is 2.17. The molecule has 0 unspecified atom stereocenters. The van der Waals surface area contributed by atoms with E-state index < -0.39 is 0 Å². The highest BCUT2D eigenvalue weighted by Gasteiger charge is 2.22. The number of carbonyl (C=O) groups is 1. The zero-order valence-electron chi connectivity index (χ0n) is 9.80. The van der Waals surface area contributed by atoms with E-state index in [2.05, 4.69) is 15.3 Å². The number of carbonyl (C=O) groups excluding carboxylic acids is 1. The highest BCUT2D eigenvalue weighted by molar-refractivity contribution is 5.95. The topological polar surface area (TPSA) is 80.9 Å². The molecule has 0 aliphatic heterocycles. The maximum Gasteiger partial charge on any atom is 0.196 e. The predicted octanol–water partition coefficient (Wildman–Crippen LogP) is 0.519. The highest BCUT2D eigenvalue weighted by Crippen LogP contribution is 2.16. The third-order valence-corrected chi connectivity index (χ3v) is 3.19. The van der Waals surface area contributed by atoms with Crippen molar-refractivity contribution < 1.29 is 4.79 Å². The van der Waals surface area contributed by atoms with Crippen LogP contribution in [0.2, 0.25) is 0 Å². The maximum absolute atomic E-state index is 11.8. The summed E-state index contributed by atoms with van der Waals surface area (Å²) in [5.41, 5.74) is 6.41. The average molecular weight is 234 g/mol. The summed E-state index contributed by atoms with van der Waals surface area (Å²) in [5.74, 6) is -0.0316. The number of aromatic nitrogens is 2. The Bertz CT molecular complexity index is 368. The van der Waals surface area contributed by atoms with E-state index in [0.717, 1.165) is 12.8 Å². The van der Waals surface area contributed by atoms with Crippen LogP contribution in [0.25, 0.3) is 0 Å². The summed E-state index contributed by atoms with van der Waals surface area (Å²) in [7, 11) is 0. The molecular formula is C12H18N4O. The van der Waals surface area contributed by atoms with Crippen LogP contribution >= 0.6 is 0 Å². The van der Waals surface area contributed by atoms with Crippen LogP contribution in [0.4, 0.5) is 0 Å². The zero-order valence-corrected chi connectivity index (χ0v) is 9.80. The second-order valence-corrected chi connectivity index (χ2v) is 4.45. The van der Waals surface area contributed by atoms with E-state index in [1.807, 2.05) is 0 Å². The van der Waals surface area contributed by atoms with Crippen LogP contribution in [-0.2, 0) is 0 Å². The molecular weight excluding hydrogens is 216 g/mol. The molecule has 0 saturated heterocycles. The lowest BCUT2D eigenvalue weighted by Crippen LogP contribution is -2.48. The molecule has 2 rings (SSSR count). The third-order valence-electron chi connectivity index (χ3n) is 3.19. The lowest BCUT2D eigenvalue weighted by atomic mass is 9.91. The number of Topliss-reactive ketones (excluding diaryl/α,β-unsaturated/α-hetero) is 1. The van der Waals surface area contributed by atoms with Gasteiger partial charge in [0.25, 0.3) is 0 Å². The Labute approximate surface area is 101 Å². The fraction of sp³-hybridized carbons (Fsp3) is 0.583. The quantitative estimate of drug-likeness (QED) is 0.742. The van der Waals surface area contributed by atoms with Crippen molar-refractivity contribution in [2.45, 2.75) is 37.8 Å². The Morgan fingerprint density at radius 2 is 2.24 bits per heavy atom. The fourth-order valence-electron chi connectivity index (χ4n) is 2.17. The standard InChI is InChI=1S/C12H18N4O/c13-9-3-1-2-4-10(9)16-8-12(17)11-7-14-5-6-15-11/h5-7,9-10,16H,1-4,8,13H2/t9-,10+/m0/s1. The van der Waals surface area contributed by atoms with Gasteiger partial charge < -0.3 is 11.1 Å². The van der Waals surface area contributed by atoms with E-state index in [9.17, 15) is 4.79 Å². The Balaban J connectivity index is 1.84. The molecule has 0 aromatic carbocycles. The van der Waals surface area contributed by atoms with E-state index in [0.29, 0.717) is 5.69 Å². The van der Waals surface area contributed by atoms with Crippen molar-refractivity contribution in [2.24, 2.45) is 5.73 Å². The van der Waals surface area contributed by atoms with Crippen LogP contribution in [0.5, 0.6) is 0 Å². The van der Waals surface area contributed by atoms with Crippen LogP contribution < -0.4 is 11.1 Å². The number of hydrogen-bond donors (Lipinski definition) is 2. The maximum atomic E-state index is 11.8. The number of ketones is 1. The molecule has 0 bridgehead atoms. The Morgan fingerprint density at radius 1 is 1.41 bits per heavy atom. The normalized spacial score (nSPS) is 24.5. The van der Waals surface area contributed by atoms with E-state index >= 15 is 0 Å². The van der Waals surface area contributed by atoms with Crippen LogP contribution in [0.1, 0.15) is 36.2 Å². The lowest BCUT2D eigenvalue weighted by molar-refractivity contribution is 0.0978. The summed E-state index contributed by atoms with van der Waals surface area (Å²) in [6.07, 6.45) is 9.04. The summed E-state index contributed by atoms with van der Waals surface area (Å²) in [5, 5.41) is 3.23. The molecule has 0 radical (unpaired) electrons. The minimum Gasteiger partial charge on any atom is -0.326 e. The van der Waals surface area contributed by atoms with Gasteiger partial charge in [-0.15, -0.1) is 0 Å². The van der Waals surface area contributed by atoms with Crippen molar-refractivity contribution in [3.63, 3.8) is 0 Å². The molecule has 1 saturated carbocycles. The summed E-state index contributed by atoms with van der Waals surface area (Å²) in [6.45, 7) is 0.289. The first-order valence-electron chi connectivity index (χ1n) is 6.05. The van der Waals surface area contributed by atoms with Gasteiger partial charge in [0.15, 0.2) is 5.78 Å². The van der Waals surface area contributed by atoms with Gasteiger partial charge in [0.2, 0.25) is 0 Å². The molecule has 92 valence electrons. The van der Waals surface area contributed by atoms with Gasteiger partial charge in [-0.1, -0.05) is 12.8 Å². The van der Waals surface area contributed by atoms with Gasteiger partial charge in [-0.2, -0.15) is 0 Å². The van der Waals surface area contributed by atoms with Crippen molar-refractivity contribution in [2.75, 3.05) is 6.54 Å². The van der Waals surface area contributed by atoms with Crippen molar-refractivity contribution in [1.82, 2.24) is 15.3 Å². The first-order chi connectivity index (χ1) is 8.27. The summed E-state index contributed by atoms with van der Waals surface area (Å²) in [6, 6.07) is 0.419. The largest absolute Gasteiger partial charge is 0.326 e. The molecule has 3 N–H and O–H groups in total. The highest BCUT2D eigenvalue weighted by atomic mass is 16.1. The first kappa shape index (κ1) is 12.1. The monoisotopic (exact) mass is 234 g/mol. The second kappa shape index (κ2) is 5.84. The number of nitrogens with two attached hydrogens (primary N) is 1. The number of nitrogens with zero attached hydrogens (tertiary/aromatic N) is 2. The molecule has 1 aromatic heterocycles. The van der Waals surface area contributed by atoms with E-state index in [-0.39, 0.29) is 24.4 Å². The van der Waals surface area contributed by atoms with Crippen LogP contribution in [0.15, 0.2) is 18.6 Å². The second-order valence-electron chi connectivity index (χ2n) is 4.45. The van der Waals surface area contributed by atoms with E-state index in [4.69, 9.17) is 5.73 Å². The lowest BCUT2D eigenvalue weighted by Gasteiger charge is -2.29. The average Bonchev–Trinajstić information content (AvgIpc) is 2.38. The molecule has 1 aromatic rings. The van der Waals surface area contributed by atoms with E-state index in [1.165, 1.54) is 25.2 Å². The van der Waals surface area contributed by atoms with Crippen LogP contribution in [0, 0.1) is 0 Å². The molecule has 1 fully saturated rings. The molecule has 5 heteroatoms. The van der Waals surface area contributed by atoms with Gasteiger partial charge in [-0.25, -0.2) is 4.98 Å². The SMILES string of the molecule is N[C@H]1CCCC[C@H]1NCC(=O)c1cnccn1. The molecule has 0 spiro atoms. The Hall–Kier alpha value is -1.33. The van der Waals surface area contributed by atoms with Gasteiger partial charge in [-0.3, -0.25) is 9.78 Å². The van der Waals surface area contributed by atoms with Crippen LogP contribution in [-0.4, -0.2) is 34.4 Å². The van der Waals surface area contributed by atoms with Crippen molar-refractivity contribution in [3.05, 3.63) is 24.3 Å². The molecule has 17 heavy (non-hydrogen) atoms. The van der Waals surface area contributed by atoms with Gasteiger partial charge in [0.1, 0.15) is 5.69 Å². The van der Waals surface area contributed by atoms with Gasteiger partial charge in [0, 0.05) is 24.5 Å². The molecule has 1 heterocycles. The Morgan fingerprint density at radius 3 is 2.94 bits per heavy atom. The Kier molecular flexibility index (Phi) is 4.17. The molecule has 2 atom stereocenters. The predicted molar refractivity (Wildman–Crippen MR) is 64.6 cm³/mol. The number of rotatable bonds is 4. The number of nitrogens with one attached hydrogen (secondary N) is 1.